The highest BCUT2D eigenvalue weighted by Gasteiger charge is 2.32. The quantitative estimate of drug-likeness (QED) is 0.142. The van der Waals surface area contributed by atoms with Gasteiger partial charge in [0.05, 0.1) is 7.11 Å². The molecule has 10 nitrogen and oxygen atoms in total. The number of primary amides is 1. The van der Waals surface area contributed by atoms with Gasteiger partial charge in [0.2, 0.25) is 11.8 Å². The lowest BCUT2D eigenvalue weighted by atomic mass is 9.86. The average molecular weight is 606 g/mol. The number of hydrogen-bond acceptors (Lipinski definition) is 7. The summed E-state index contributed by atoms with van der Waals surface area (Å²) in [5.74, 6) is -1.10. The zero-order valence-corrected chi connectivity index (χ0v) is 26.2. The SMILES string of the molecule is COC1=CC[C@@H]([C@@H](C)C=C(C)C=CC=CC(=O)N[C@H](C(=O)NC=CC[C@@H](CC=C(C)Cl)OC(N)=O)C(C)(C)C)OC1=O. The molecule has 0 fully saturated rings. The van der Waals surface area contributed by atoms with Crippen molar-refractivity contribution in [2.75, 3.05) is 7.11 Å². The number of amides is 3. The smallest absolute Gasteiger partial charge is 0.404 e. The number of carbonyl (C=O) groups excluding carboxylic acids is 4. The third-order valence-corrected chi connectivity index (χ3v) is 6.30. The molecule has 232 valence electrons. The Hall–Kier alpha value is -3.79. The van der Waals surface area contributed by atoms with Crippen LogP contribution in [0, 0.1) is 11.3 Å². The van der Waals surface area contributed by atoms with Gasteiger partial charge in [-0.05, 0) is 31.5 Å². The number of methoxy groups -OCH3 is 1. The fraction of sp³-hybridized carbons (Fsp3) is 0.484. The van der Waals surface area contributed by atoms with E-state index in [-0.39, 0.29) is 17.8 Å². The number of rotatable bonds is 14. The summed E-state index contributed by atoms with van der Waals surface area (Å²) >= 11 is 5.84. The molecule has 3 amide bonds. The van der Waals surface area contributed by atoms with Crippen LogP contribution in [0.1, 0.15) is 60.8 Å². The molecule has 0 saturated heterocycles. The molecule has 0 aromatic carbocycles. The zero-order valence-electron chi connectivity index (χ0n) is 25.4. The lowest BCUT2D eigenvalue weighted by Crippen LogP contribution is -2.52. The molecule has 0 radical (unpaired) electrons. The average Bonchev–Trinajstić information content (AvgIpc) is 2.89. The Morgan fingerprint density at radius 3 is 2.43 bits per heavy atom. The third kappa shape index (κ3) is 14.2. The van der Waals surface area contributed by atoms with Crippen molar-refractivity contribution in [2.45, 2.75) is 79.1 Å². The minimum atomic E-state index is -0.900. The highest BCUT2D eigenvalue weighted by atomic mass is 35.5. The van der Waals surface area contributed by atoms with Crippen LogP contribution in [-0.4, -0.2) is 49.2 Å². The number of hydrogen-bond donors (Lipinski definition) is 3. The maximum Gasteiger partial charge on any atom is 0.404 e. The predicted molar refractivity (Wildman–Crippen MR) is 163 cm³/mol. The lowest BCUT2D eigenvalue weighted by Gasteiger charge is -2.29. The van der Waals surface area contributed by atoms with Gasteiger partial charge in [0.1, 0.15) is 18.2 Å². The summed E-state index contributed by atoms with van der Waals surface area (Å²) in [4.78, 5) is 48.5. The van der Waals surface area contributed by atoms with E-state index in [2.05, 4.69) is 10.6 Å². The largest absolute Gasteiger partial charge is 0.490 e. The monoisotopic (exact) mass is 605 g/mol. The molecular weight excluding hydrogens is 562 g/mol. The van der Waals surface area contributed by atoms with Gasteiger partial charge in [-0.3, -0.25) is 9.59 Å². The van der Waals surface area contributed by atoms with Gasteiger partial charge in [-0.2, -0.15) is 0 Å². The van der Waals surface area contributed by atoms with Crippen LogP contribution in [0.25, 0.3) is 0 Å². The first kappa shape index (κ1) is 36.2. The second-order valence-corrected chi connectivity index (χ2v) is 11.6. The van der Waals surface area contributed by atoms with E-state index < -0.39 is 41.4 Å². The minimum Gasteiger partial charge on any atom is -0.490 e. The van der Waals surface area contributed by atoms with E-state index in [1.807, 2.05) is 46.8 Å². The van der Waals surface area contributed by atoms with Crippen molar-refractivity contribution < 1.29 is 33.4 Å². The van der Waals surface area contributed by atoms with Crippen molar-refractivity contribution in [3.63, 3.8) is 0 Å². The molecular formula is C31H44ClN3O7. The number of nitrogens with one attached hydrogen (secondary N) is 2. The lowest BCUT2D eigenvalue weighted by molar-refractivity contribution is -0.151. The van der Waals surface area contributed by atoms with E-state index in [0.29, 0.717) is 24.3 Å². The molecule has 4 N–H and O–H groups in total. The molecule has 0 unspecified atom stereocenters. The van der Waals surface area contributed by atoms with Gasteiger partial charge in [-0.1, -0.05) is 81.3 Å². The first-order chi connectivity index (χ1) is 19.6. The summed E-state index contributed by atoms with van der Waals surface area (Å²) in [5.41, 5.74) is 5.48. The maximum atomic E-state index is 12.9. The molecule has 0 aromatic rings. The van der Waals surface area contributed by atoms with Crippen LogP contribution in [-0.2, 0) is 28.6 Å². The molecule has 1 heterocycles. The summed E-state index contributed by atoms with van der Waals surface area (Å²) in [6.07, 6.45) is 14.5. The van der Waals surface area contributed by atoms with Crippen LogP contribution in [0.5, 0.6) is 0 Å². The highest BCUT2D eigenvalue weighted by molar-refractivity contribution is 6.29. The summed E-state index contributed by atoms with van der Waals surface area (Å²) in [6, 6.07) is -0.823. The Bertz CT molecular complexity index is 1140. The summed E-state index contributed by atoms with van der Waals surface area (Å²) in [7, 11) is 1.43. The Morgan fingerprint density at radius 1 is 1.19 bits per heavy atom. The number of carbonyl (C=O) groups is 4. The summed E-state index contributed by atoms with van der Waals surface area (Å²) in [5, 5.41) is 5.98. The molecule has 4 atom stereocenters. The van der Waals surface area contributed by atoms with E-state index in [4.69, 9.17) is 31.5 Å². The zero-order chi connectivity index (χ0) is 31.9. The number of allylic oxidation sites excluding steroid dienone is 5. The van der Waals surface area contributed by atoms with Crippen LogP contribution in [0.2, 0.25) is 0 Å². The first-order valence-electron chi connectivity index (χ1n) is 13.7. The van der Waals surface area contributed by atoms with E-state index >= 15 is 0 Å². The maximum absolute atomic E-state index is 12.9. The highest BCUT2D eigenvalue weighted by Crippen LogP contribution is 2.23. The molecule has 0 aromatic heterocycles. The molecule has 1 aliphatic rings. The summed E-state index contributed by atoms with van der Waals surface area (Å²) < 4.78 is 15.5. The first-order valence-corrected chi connectivity index (χ1v) is 14.0. The van der Waals surface area contributed by atoms with Crippen LogP contribution in [0.15, 0.2) is 71.2 Å². The predicted octanol–water partition coefficient (Wildman–Crippen LogP) is 5.07. The fourth-order valence-electron chi connectivity index (χ4n) is 3.93. The second kappa shape index (κ2) is 17.9. The van der Waals surface area contributed by atoms with Crippen molar-refractivity contribution in [2.24, 2.45) is 17.1 Å². The number of halogens is 1. The molecule has 0 aliphatic carbocycles. The number of ether oxygens (including phenoxy) is 3. The third-order valence-electron chi connectivity index (χ3n) is 6.15. The Balaban J connectivity index is 2.70. The van der Waals surface area contributed by atoms with Crippen LogP contribution >= 0.6 is 11.6 Å². The van der Waals surface area contributed by atoms with Crippen molar-refractivity contribution >= 4 is 35.5 Å². The topological polar surface area (TPSA) is 146 Å². The van der Waals surface area contributed by atoms with E-state index in [0.717, 1.165) is 5.57 Å². The van der Waals surface area contributed by atoms with Crippen LogP contribution in [0.4, 0.5) is 4.79 Å². The summed E-state index contributed by atoms with van der Waals surface area (Å²) in [6.45, 7) is 11.1. The molecule has 1 rings (SSSR count). The van der Waals surface area contributed by atoms with Gasteiger partial charge in [-0.15, -0.1) is 0 Å². The van der Waals surface area contributed by atoms with Crippen LogP contribution in [0.3, 0.4) is 0 Å². The Labute approximate surface area is 253 Å². The van der Waals surface area contributed by atoms with Gasteiger partial charge >= 0.3 is 12.1 Å². The Kier molecular flexibility index (Phi) is 15.4. The van der Waals surface area contributed by atoms with E-state index in [1.165, 1.54) is 19.4 Å². The van der Waals surface area contributed by atoms with E-state index in [9.17, 15) is 19.2 Å². The van der Waals surface area contributed by atoms with Crippen molar-refractivity contribution in [3.05, 3.63) is 71.2 Å². The molecule has 0 bridgehead atoms. The van der Waals surface area contributed by atoms with Gasteiger partial charge in [-0.25, -0.2) is 9.59 Å². The van der Waals surface area contributed by atoms with Crippen molar-refractivity contribution in [3.8, 4) is 0 Å². The van der Waals surface area contributed by atoms with E-state index in [1.54, 1.807) is 37.3 Å². The van der Waals surface area contributed by atoms with Gasteiger partial charge in [0.25, 0.3) is 0 Å². The number of esters is 1. The minimum absolute atomic E-state index is 0.0196. The molecule has 0 spiro atoms. The molecule has 0 saturated carbocycles. The van der Waals surface area contributed by atoms with Gasteiger partial charge in [0.15, 0.2) is 5.76 Å². The second-order valence-electron chi connectivity index (χ2n) is 11.0. The van der Waals surface area contributed by atoms with Crippen molar-refractivity contribution in [1.29, 1.82) is 0 Å². The molecule has 1 aliphatic heterocycles. The molecule has 11 heteroatoms. The van der Waals surface area contributed by atoms with Crippen molar-refractivity contribution in [1.82, 2.24) is 10.6 Å². The normalized spacial score (nSPS) is 18.8. The van der Waals surface area contributed by atoms with Gasteiger partial charge < -0.3 is 30.6 Å². The Morgan fingerprint density at radius 2 is 1.86 bits per heavy atom. The number of cyclic esters (lactones) is 1. The number of nitrogens with two attached hydrogens (primary N) is 1. The standard InChI is InChI=1S/C31H44ClN3O7/c1-20(19-21(2)24-16-17-25(40-7)29(38)42-24)11-8-9-13-26(36)35-27(31(4,5)6)28(37)34-18-10-12-23(41-30(33)39)15-14-22(3)32/h8-11,13-14,17-19,21,23-24,27H,12,15-16H2,1-7H3,(H2,33,39)(H,34,37)(H,35,36)/t21-,23-,24-,27+/m0/s1. The van der Waals surface area contributed by atoms with Gasteiger partial charge in [0, 0.05) is 36.3 Å². The molecule has 42 heavy (non-hydrogen) atoms. The fourth-order valence-corrected chi connectivity index (χ4v) is 4.02. The van der Waals surface area contributed by atoms with Crippen LogP contribution < -0.4 is 16.4 Å².